The predicted molar refractivity (Wildman–Crippen MR) is 82.9 cm³/mol. The minimum atomic E-state index is -0.243. The summed E-state index contributed by atoms with van der Waals surface area (Å²) in [5, 5.41) is 15.1. The van der Waals surface area contributed by atoms with E-state index in [-0.39, 0.29) is 18.4 Å². The summed E-state index contributed by atoms with van der Waals surface area (Å²) in [4.78, 5) is 12.4. The van der Waals surface area contributed by atoms with Crippen molar-refractivity contribution in [1.82, 2.24) is 5.32 Å². The summed E-state index contributed by atoms with van der Waals surface area (Å²) in [6, 6.07) is 6.06. The van der Waals surface area contributed by atoms with E-state index >= 15 is 0 Å². The Balaban J connectivity index is 1.86. The number of aliphatic hydroxyl groups excluding tert-OH is 1. The van der Waals surface area contributed by atoms with E-state index in [0.29, 0.717) is 25.8 Å². The summed E-state index contributed by atoms with van der Waals surface area (Å²) in [5.74, 6) is 0.0968. The fourth-order valence-electron chi connectivity index (χ4n) is 2.56. The number of benzene rings is 1. The number of hydrogen-bond donors (Lipinski definition) is 3. The van der Waals surface area contributed by atoms with Crippen molar-refractivity contribution in [3.05, 3.63) is 29.3 Å². The van der Waals surface area contributed by atoms with Crippen LogP contribution >= 0.6 is 0 Å². The molecule has 1 aromatic rings. The van der Waals surface area contributed by atoms with Crippen molar-refractivity contribution in [3.8, 4) is 0 Å². The lowest BCUT2D eigenvalue weighted by Crippen LogP contribution is -2.36. The number of nitrogens with one attached hydrogen (secondary N) is 2. The van der Waals surface area contributed by atoms with Gasteiger partial charge in [0.25, 0.3) is 0 Å². The number of ketones is 1. The molecule has 21 heavy (non-hydrogen) atoms. The molecule has 1 heterocycles. The number of ether oxygens (including phenoxy) is 1. The van der Waals surface area contributed by atoms with Crippen LogP contribution < -0.4 is 10.6 Å². The predicted octanol–water partition coefficient (Wildman–Crippen LogP) is 1.21. The normalized spacial score (nSPS) is 18.1. The quantitative estimate of drug-likeness (QED) is 0.496. The molecule has 0 spiro atoms. The molecule has 5 heteroatoms. The molecule has 5 nitrogen and oxygen atoms in total. The van der Waals surface area contributed by atoms with Gasteiger partial charge in [-0.2, -0.15) is 0 Å². The van der Waals surface area contributed by atoms with Gasteiger partial charge in [0, 0.05) is 23.8 Å². The molecule has 0 aromatic heterocycles. The number of Topliss-reactive ketones (excluding diaryl/α,β-unsaturated/α-hetero) is 1. The van der Waals surface area contributed by atoms with Gasteiger partial charge in [-0.3, -0.25) is 4.79 Å². The van der Waals surface area contributed by atoms with Crippen molar-refractivity contribution < 1.29 is 14.6 Å². The van der Waals surface area contributed by atoms with Gasteiger partial charge in [0.05, 0.1) is 25.9 Å². The van der Waals surface area contributed by atoms with Crippen LogP contribution in [0.5, 0.6) is 0 Å². The monoisotopic (exact) mass is 292 g/mol. The molecule has 2 rings (SSSR count). The van der Waals surface area contributed by atoms with E-state index in [0.717, 1.165) is 17.7 Å². The maximum Gasteiger partial charge on any atom is 0.179 e. The number of hydrogen-bond acceptors (Lipinski definition) is 5. The van der Waals surface area contributed by atoms with Crippen LogP contribution in [0.4, 0.5) is 5.69 Å². The smallest absolute Gasteiger partial charge is 0.179 e. The van der Waals surface area contributed by atoms with Gasteiger partial charge in [0.15, 0.2) is 5.78 Å². The molecule has 116 valence electrons. The van der Waals surface area contributed by atoms with Crippen LogP contribution in [0.2, 0.25) is 0 Å². The average molecular weight is 292 g/mol. The number of fused-ring (bicyclic) bond motifs is 1. The van der Waals surface area contributed by atoms with E-state index in [4.69, 9.17) is 9.84 Å². The zero-order valence-electron chi connectivity index (χ0n) is 12.7. The first-order chi connectivity index (χ1) is 10.1. The molecule has 0 amide bonds. The second-order valence-electron chi connectivity index (χ2n) is 5.50. The lowest BCUT2D eigenvalue weighted by molar-refractivity contribution is 0.0870. The maximum absolute atomic E-state index is 12.4. The van der Waals surface area contributed by atoms with Crippen LogP contribution in [0.3, 0.4) is 0 Å². The topological polar surface area (TPSA) is 70.6 Å². The van der Waals surface area contributed by atoms with E-state index in [2.05, 4.69) is 17.6 Å². The van der Waals surface area contributed by atoms with Crippen LogP contribution in [0, 0.1) is 0 Å². The van der Waals surface area contributed by atoms with Gasteiger partial charge in [-0.15, -0.1) is 0 Å². The molecule has 0 bridgehead atoms. The lowest BCUT2D eigenvalue weighted by Gasteiger charge is -2.13. The fraction of sp³-hybridized carbons (Fsp3) is 0.562. The number of aliphatic hydroxyl groups is 1. The molecule has 2 unspecified atom stereocenters. The zero-order valence-corrected chi connectivity index (χ0v) is 12.7. The number of carbonyl (C=O) groups excluding carboxylic acids is 1. The Labute approximate surface area is 125 Å². The molecule has 1 aromatic carbocycles. The van der Waals surface area contributed by atoms with Crippen molar-refractivity contribution in [2.75, 3.05) is 31.7 Å². The van der Waals surface area contributed by atoms with Crippen LogP contribution in [-0.4, -0.2) is 49.3 Å². The SMILES string of the molecule is CC1Cc2cc(C(=O)C(C)NCCOCCO)ccc2N1. The van der Waals surface area contributed by atoms with Crippen molar-refractivity contribution in [2.24, 2.45) is 0 Å². The Morgan fingerprint density at radius 2 is 2.33 bits per heavy atom. The third kappa shape index (κ3) is 4.27. The van der Waals surface area contributed by atoms with Crippen molar-refractivity contribution in [2.45, 2.75) is 32.4 Å². The number of carbonyl (C=O) groups is 1. The van der Waals surface area contributed by atoms with E-state index in [9.17, 15) is 4.79 Å². The summed E-state index contributed by atoms with van der Waals surface area (Å²) >= 11 is 0. The maximum atomic E-state index is 12.4. The summed E-state index contributed by atoms with van der Waals surface area (Å²) in [6.45, 7) is 5.44. The average Bonchev–Trinajstić information content (AvgIpc) is 2.85. The molecule has 1 aliphatic heterocycles. The standard InChI is InChI=1S/C16H24N2O3/c1-11-9-14-10-13(3-4-15(14)18-11)16(20)12(2)17-5-7-21-8-6-19/h3-4,10-12,17-19H,5-9H2,1-2H3. The van der Waals surface area contributed by atoms with E-state index in [1.807, 2.05) is 25.1 Å². The van der Waals surface area contributed by atoms with E-state index in [1.54, 1.807) is 0 Å². The second-order valence-corrected chi connectivity index (χ2v) is 5.50. The van der Waals surface area contributed by atoms with Crippen molar-refractivity contribution >= 4 is 11.5 Å². The Hall–Kier alpha value is -1.43. The minimum Gasteiger partial charge on any atom is -0.394 e. The Kier molecular flexibility index (Phi) is 5.73. The third-order valence-corrected chi connectivity index (χ3v) is 3.64. The van der Waals surface area contributed by atoms with Crippen LogP contribution in [0.15, 0.2) is 18.2 Å². The molecule has 2 atom stereocenters. The molecule has 0 radical (unpaired) electrons. The summed E-state index contributed by atoms with van der Waals surface area (Å²) in [5.41, 5.74) is 3.10. The van der Waals surface area contributed by atoms with Crippen LogP contribution in [0.1, 0.15) is 29.8 Å². The minimum absolute atomic E-state index is 0.0239. The Morgan fingerprint density at radius 1 is 1.52 bits per heavy atom. The first kappa shape index (κ1) is 15.9. The first-order valence-corrected chi connectivity index (χ1v) is 7.47. The van der Waals surface area contributed by atoms with Crippen molar-refractivity contribution in [1.29, 1.82) is 0 Å². The van der Waals surface area contributed by atoms with Crippen molar-refractivity contribution in [3.63, 3.8) is 0 Å². The fourth-order valence-corrected chi connectivity index (χ4v) is 2.56. The first-order valence-electron chi connectivity index (χ1n) is 7.47. The molecular weight excluding hydrogens is 268 g/mol. The van der Waals surface area contributed by atoms with Crippen LogP contribution in [-0.2, 0) is 11.2 Å². The molecule has 0 saturated heterocycles. The van der Waals surface area contributed by atoms with Gasteiger partial charge >= 0.3 is 0 Å². The Bertz CT molecular complexity index is 490. The lowest BCUT2D eigenvalue weighted by atomic mass is 10.0. The van der Waals surface area contributed by atoms with Gasteiger partial charge in [0.1, 0.15) is 0 Å². The van der Waals surface area contributed by atoms with Gasteiger partial charge < -0.3 is 20.5 Å². The second kappa shape index (κ2) is 7.54. The zero-order chi connectivity index (χ0) is 15.2. The highest BCUT2D eigenvalue weighted by molar-refractivity contribution is 6.00. The molecule has 1 aliphatic rings. The van der Waals surface area contributed by atoms with Gasteiger partial charge in [-0.25, -0.2) is 0 Å². The van der Waals surface area contributed by atoms with E-state index < -0.39 is 0 Å². The summed E-state index contributed by atoms with van der Waals surface area (Å²) in [6.07, 6.45) is 0.966. The number of anilines is 1. The summed E-state index contributed by atoms with van der Waals surface area (Å²) in [7, 11) is 0. The molecule has 0 fully saturated rings. The van der Waals surface area contributed by atoms with Gasteiger partial charge in [-0.1, -0.05) is 0 Å². The van der Waals surface area contributed by atoms with Gasteiger partial charge in [0.2, 0.25) is 0 Å². The van der Waals surface area contributed by atoms with Crippen LogP contribution in [0.25, 0.3) is 0 Å². The Morgan fingerprint density at radius 3 is 3.10 bits per heavy atom. The van der Waals surface area contributed by atoms with E-state index in [1.165, 1.54) is 5.56 Å². The molecule has 0 aliphatic carbocycles. The summed E-state index contributed by atoms with van der Waals surface area (Å²) < 4.78 is 5.16. The highest BCUT2D eigenvalue weighted by Crippen LogP contribution is 2.26. The highest BCUT2D eigenvalue weighted by atomic mass is 16.5. The van der Waals surface area contributed by atoms with Gasteiger partial charge in [-0.05, 0) is 44.0 Å². The highest BCUT2D eigenvalue weighted by Gasteiger charge is 2.20. The third-order valence-electron chi connectivity index (χ3n) is 3.64. The largest absolute Gasteiger partial charge is 0.394 e. The molecule has 3 N–H and O–H groups in total. The molecular formula is C16H24N2O3. The number of rotatable bonds is 8. The molecule has 0 saturated carbocycles.